The maximum Gasteiger partial charge on any atom is 0.323 e. The van der Waals surface area contributed by atoms with E-state index in [1.807, 2.05) is 53.4 Å². The lowest BCUT2D eigenvalue weighted by molar-refractivity contribution is -0.133. The van der Waals surface area contributed by atoms with Gasteiger partial charge in [0.05, 0.1) is 11.0 Å². The molecule has 2 N–H and O–H groups in total. The van der Waals surface area contributed by atoms with E-state index in [2.05, 4.69) is 14.9 Å². The van der Waals surface area contributed by atoms with Gasteiger partial charge in [-0.3, -0.25) is 4.79 Å². The number of carbonyl (C=O) groups is 1. The zero-order valence-electron chi connectivity index (χ0n) is 14.3. The Labute approximate surface area is 150 Å². The van der Waals surface area contributed by atoms with E-state index >= 15 is 0 Å². The summed E-state index contributed by atoms with van der Waals surface area (Å²) >= 11 is 0. The van der Waals surface area contributed by atoms with Crippen LogP contribution in [0.3, 0.4) is 0 Å². The summed E-state index contributed by atoms with van der Waals surface area (Å²) in [6, 6.07) is 15.2. The third-order valence-corrected chi connectivity index (χ3v) is 4.60. The largest absolute Gasteiger partial charge is 0.484 e. The molecule has 1 aliphatic heterocycles. The third kappa shape index (κ3) is 3.42. The van der Waals surface area contributed by atoms with E-state index in [0.717, 1.165) is 29.8 Å². The summed E-state index contributed by atoms with van der Waals surface area (Å²) in [6.07, 6.45) is 0. The van der Waals surface area contributed by atoms with Gasteiger partial charge in [-0.15, -0.1) is 0 Å². The van der Waals surface area contributed by atoms with Gasteiger partial charge < -0.3 is 24.5 Å². The molecule has 0 aliphatic carbocycles. The third-order valence-electron chi connectivity index (χ3n) is 4.60. The molecule has 0 saturated carbocycles. The first-order valence-electron chi connectivity index (χ1n) is 8.62. The minimum Gasteiger partial charge on any atom is -0.484 e. The Hall–Kier alpha value is -3.22. The van der Waals surface area contributed by atoms with Crippen molar-refractivity contribution in [2.75, 3.05) is 37.7 Å². The molecule has 7 heteroatoms. The number of carbonyl (C=O) groups excluding carboxylic acids is 1. The van der Waals surface area contributed by atoms with Crippen LogP contribution in [0, 0.1) is 0 Å². The lowest BCUT2D eigenvalue weighted by atomic mass is 10.2. The Morgan fingerprint density at radius 1 is 0.962 bits per heavy atom. The van der Waals surface area contributed by atoms with Gasteiger partial charge in [0.1, 0.15) is 5.75 Å². The first-order chi connectivity index (χ1) is 12.7. The van der Waals surface area contributed by atoms with E-state index in [9.17, 15) is 9.59 Å². The molecule has 1 fully saturated rings. The molecule has 2 aromatic carbocycles. The average Bonchev–Trinajstić information content (AvgIpc) is 3.06. The minimum atomic E-state index is -0.203. The van der Waals surface area contributed by atoms with Crippen molar-refractivity contribution in [3.05, 3.63) is 59.0 Å². The van der Waals surface area contributed by atoms with Crippen molar-refractivity contribution in [3.63, 3.8) is 0 Å². The number of aromatic amines is 2. The highest BCUT2D eigenvalue weighted by molar-refractivity contribution is 5.80. The summed E-state index contributed by atoms with van der Waals surface area (Å²) in [7, 11) is 0. The van der Waals surface area contributed by atoms with Gasteiger partial charge in [-0.25, -0.2) is 4.79 Å². The van der Waals surface area contributed by atoms with Gasteiger partial charge in [-0.2, -0.15) is 0 Å². The average molecular weight is 352 g/mol. The molecule has 0 atom stereocenters. The monoisotopic (exact) mass is 352 g/mol. The molecule has 0 unspecified atom stereocenters. The van der Waals surface area contributed by atoms with Crippen LogP contribution in [-0.4, -0.2) is 53.6 Å². The predicted octanol–water partition coefficient (Wildman–Crippen LogP) is 1.58. The number of nitrogens with one attached hydrogen (secondary N) is 2. The Morgan fingerprint density at radius 3 is 2.46 bits per heavy atom. The van der Waals surface area contributed by atoms with Gasteiger partial charge in [-0.1, -0.05) is 18.2 Å². The fourth-order valence-electron chi connectivity index (χ4n) is 3.18. The van der Waals surface area contributed by atoms with Crippen LogP contribution in [-0.2, 0) is 4.79 Å². The van der Waals surface area contributed by atoms with Crippen molar-refractivity contribution in [1.82, 2.24) is 14.9 Å². The van der Waals surface area contributed by atoms with E-state index < -0.39 is 0 Å². The molecule has 7 nitrogen and oxygen atoms in total. The number of fused-ring (bicyclic) bond motifs is 1. The predicted molar refractivity (Wildman–Crippen MR) is 99.6 cm³/mol. The number of ether oxygens (including phenoxy) is 1. The molecule has 0 radical (unpaired) electrons. The number of nitrogens with zero attached hydrogens (tertiary/aromatic N) is 2. The minimum absolute atomic E-state index is 0.00100. The summed E-state index contributed by atoms with van der Waals surface area (Å²) in [4.78, 5) is 33.3. The first-order valence-corrected chi connectivity index (χ1v) is 8.62. The molecule has 134 valence electrons. The standard InChI is InChI=1S/C19H20N4O3/c24-18(13-26-15-4-2-1-3-5-15)23-10-8-22(9-11-23)14-6-7-16-17(12-14)21-19(25)20-16/h1-7,12H,8-11,13H2,(H2,20,21,25). The number of hydrogen-bond donors (Lipinski definition) is 2. The number of piperazine rings is 1. The molecule has 1 aliphatic rings. The van der Waals surface area contributed by atoms with E-state index in [4.69, 9.17) is 4.74 Å². The lowest BCUT2D eigenvalue weighted by Crippen LogP contribution is -2.50. The van der Waals surface area contributed by atoms with Crippen molar-refractivity contribution in [2.24, 2.45) is 0 Å². The molecular weight excluding hydrogens is 332 g/mol. The number of anilines is 1. The van der Waals surface area contributed by atoms with Gasteiger partial charge in [0.15, 0.2) is 6.61 Å². The Bertz CT molecular complexity index is 956. The number of aromatic nitrogens is 2. The first kappa shape index (κ1) is 16.3. The molecule has 3 aromatic rings. The number of imidazole rings is 1. The van der Waals surface area contributed by atoms with Gasteiger partial charge in [0.2, 0.25) is 0 Å². The van der Waals surface area contributed by atoms with Crippen molar-refractivity contribution in [2.45, 2.75) is 0 Å². The highest BCUT2D eigenvalue weighted by atomic mass is 16.5. The highest BCUT2D eigenvalue weighted by Crippen LogP contribution is 2.20. The normalized spacial score (nSPS) is 14.6. The van der Waals surface area contributed by atoms with Crippen molar-refractivity contribution < 1.29 is 9.53 Å². The number of hydrogen-bond acceptors (Lipinski definition) is 4. The number of benzene rings is 2. The number of amides is 1. The topological polar surface area (TPSA) is 81.4 Å². The van der Waals surface area contributed by atoms with E-state index in [1.54, 1.807) is 0 Å². The van der Waals surface area contributed by atoms with E-state index in [-0.39, 0.29) is 18.2 Å². The second kappa shape index (κ2) is 6.95. The van der Waals surface area contributed by atoms with Crippen LogP contribution >= 0.6 is 0 Å². The number of rotatable bonds is 4. The summed E-state index contributed by atoms with van der Waals surface area (Å²) in [5.74, 6) is 0.701. The second-order valence-corrected chi connectivity index (χ2v) is 6.28. The molecule has 2 heterocycles. The summed E-state index contributed by atoms with van der Waals surface area (Å²) < 4.78 is 5.54. The van der Waals surface area contributed by atoms with Crippen LogP contribution in [0.15, 0.2) is 53.3 Å². The maximum atomic E-state index is 12.3. The molecule has 0 spiro atoms. The van der Waals surface area contributed by atoms with Crippen LogP contribution in [0.1, 0.15) is 0 Å². The zero-order valence-corrected chi connectivity index (χ0v) is 14.3. The van der Waals surface area contributed by atoms with Gasteiger partial charge in [0, 0.05) is 31.9 Å². The van der Waals surface area contributed by atoms with Crippen molar-refractivity contribution in [1.29, 1.82) is 0 Å². The van der Waals surface area contributed by atoms with Gasteiger partial charge in [-0.05, 0) is 30.3 Å². The smallest absolute Gasteiger partial charge is 0.323 e. The van der Waals surface area contributed by atoms with Gasteiger partial charge in [0.25, 0.3) is 5.91 Å². The van der Waals surface area contributed by atoms with Crippen LogP contribution in [0.25, 0.3) is 11.0 Å². The second-order valence-electron chi connectivity index (χ2n) is 6.28. The number of para-hydroxylation sites is 1. The van der Waals surface area contributed by atoms with Crippen LogP contribution in [0.4, 0.5) is 5.69 Å². The molecule has 1 amide bonds. The highest BCUT2D eigenvalue weighted by Gasteiger charge is 2.21. The summed E-state index contributed by atoms with van der Waals surface area (Å²) in [5, 5.41) is 0. The SMILES string of the molecule is O=C(COc1ccccc1)N1CCN(c2ccc3[nH]c(=O)[nH]c3c2)CC1. The number of H-pyrrole nitrogens is 2. The summed E-state index contributed by atoms with van der Waals surface area (Å²) in [5.41, 5.74) is 2.43. The Kier molecular flexibility index (Phi) is 4.35. The Balaban J connectivity index is 1.34. The molecule has 4 rings (SSSR count). The van der Waals surface area contributed by atoms with Crippen molar-refractivity contribution >= 4 is 22.6 Å². The lowest BCUT2D eigenvalue weighted by Gasteiger charge is -2.36. The molecule has 0 bridgehead atoms. The maximum absolute atomic E-state index is 12.3. The quantitative estimate of drug-likeness (QED) is 0.747. The van der Waals surface area contributed by atoms with Crippen LogP contribution < -0.4 is 15.3 Å². The van der Waals surface area contributed by atoms with Crippen molar-refractivity contribution in [3.8, 4) is 5.75 Å². The Morgan fingerprint density at radius 2 is 1.69 bits per heavy atom. The van der Waals surface area contributed by atoms with Crippen LogP contribution in [0.2, 0.25) is 0 Å². The molecule has 1 aromatic heterocycles. The van der Waals surface area contributed by atoms with Gasteiger partial charge >= 0.3 is 5.69 Å². The fourth-order valence-corrected chi connectivity index (χ4v) is 3.18. The molecular formula is C19H20N4O3. The zero-order chi connectivity index (χ0) is 17.9. The molecule has 1 saturated heterocycles. The van der Waals surface area contributed by atoms with Crippen LogP contribution in [0.5, 0.6) is 5.75 Å². The fraction of sp³-hybridized carbons (Fsp3) is 0.263. The molecule has 26 heavy (non-hydrogen) atoms. The van der Waals surface area contributed by atoms with E-state index in [1.165, 1.54) is 0 Å². The van der Waals surface area contributed by atoms with E-state index in [0.29, 0.717) is 18.8 Å². The summed E-state index contributed by atoms with van der Waals surface area (Å²) in [6.45, 7) is 2.85.